The molecule has 1 aromatic carbocycles. The van der Waals surface area contributed by atoms with E-state index in [1.807, 2.05) is 0 Å². The van der Waals surface area contributed by atoms with Gasteiger partial charge in [0.2, 0.25) is 0 Å². The summed E-state index contributed by atoms with van der Waals surface area (Å²) in [6, 6.07) is 2.33. The predicted molar refractivity (Wildman–Crippen MR) is 111 cm³/mol. The van der Waals surface area contributed by atoms with Crippen molar-refractivity contribution < 1.29 is 41.7 Å². The van der Waals surface area contributed by atoms with Gasteiger partial charge in [-0.1, -0.05) is 11.6 Å². The molecule has 1 aliphatic rings. The molecule has 33 heavy (non-hydrogen) atoms. The molecule has 4 rings (SSSR count). The maximum Gasteiger partial charge on any atom is 0.346 e. The van der Waals surface area contributed by atoms with Gasteiger partial charge in [0.25, 0.3) is 11.8 Å². The lowest BCUT2D eigenvalue weighted by atomic mass is 10.2. The van der Waals surface area contributed by atoms with Crippen LogP contribution in [-0.4, -0.2) is 45.9 Å². The highest BCUT2D eigenvalue weighted by atomic mass is 35.5. The Labute approximate surface area is 192 Å². The lowest BCUT2D eigenvalue weighted by Crippen LogP contribution is -2.32. The minimum Gasteiger partial charge on any atom is -0.505 e. The maximum absolute atomic E-state index is 12.5. The number of hydrogen-bond acceptors (Lipinski definition) is 11. The fraction of sp³-hybridized carbons (Fsp3) is 0.167. The first-order valence-electron chi connectivity index (χ1n) is 8.94. The highest BCUT2D eigenvalue weighted by Crippen LogP contribution is 2.38. The minimum atomic E-state index is -4.99. The number of benzene rings is 1. The third-order valence-corrected chi connectivity index (χ3v) is 6.68. The fourth-order valence-electron chi connectivity index (χ4n) is 3.03. The van der Waals surface area contributed by atoms with Crippen molar-refractivity contribution in [2.24, 2.45) is 0 Å². The molecule has 15 heteroatoms. The summed E-state index contributed by atoms with van der Waals surface area (Å²) in [7, 11) is -4.99. The normalized spacial score (nSPS) is 14.3. The number of thiazole rings is 1. The number of aromatic hydroxyl groups is 1. The zero-order valence-electron chi connectivity index (χ0n) is 16.1. The van der Waals surface area contributed by atoms with E-state index in [0.717, 1.165) is 17.4 Å². The Morgan fingerprint density at radius 3 is 2.55 bits per heavy atom. The molecule has 3 heterocycles. The zero-order chi connectivity index (χ0) is 24.1. The molecule has 0 unspecified atom stereocenters. The summed E-state index contributed by atoms with van der Waals surface area (Å²) in [5, 5.41) is 9.97. The second-order valence-corrected chi connectivity index (χ2v) is 9.61. The quantitative estimate of drug-likeness (QED) is 0.287. The van der Waals surface area contributed by atoms with E-state index in [2.05, 4.69) is 4.98 Å². The molecule has 0 bridgehead atoms. The van der Waals surface area contributed by atoms with Crippen molar-refractivity contribution in [2.45, 2.75) is 24.2 Å². The molecule has 0 atom stereocenters. The number of halogens is 1. The van der Waals surface area contributed by atoms with Crippen LogP contribution < -0.4 is 5.63 Å². The summed E-state index contributed by atoms with van der Waals surface area (Å²) in [6.45, 7) is 0. The Morgan fingerprint density at radius 2 is 1.91 bits per heavy atom. The van der Waals surface area contributed by atoms with Gasteiger partial charge >= 0.3 is 21.7 Å². The molecule has 0 saturated carbocycles. The van der Waals surface area contributed by atoms with E-state index in [4.69, 9.17) is 20.9 Å². The third-order valence-electron chi connectivity index (χ3n) is 4.47. The number of amides is 2. The Bertz CT molecular complexity index is 1490. The van der Waals surface area contributed by atoms with Crippen LogP contribution in [0.2, 0.25) is 5.02 Å². The van der Waals surface area contributed by atoms with Crippen LogP contribution in [0.3, 0.4) is 0 Å². The molecule has 12 nitrogen and oxygen atoms in total. The average molecular weight is 515 g/mol. The molecule has 0 spiro atoms. The number of phenolic OH excluding ortho intramolecular Hbond substituents is 1. The average Bonchev–Trinajstić information content (AvgIpc) is 3.29. The monoisotopic (exact) mass is 514 g/mol. The minimum absolute atomic E-state index is 0.0257. The van der Waals surface area contributed by atoms with E-state index < -0.39 is 54.8 Å². The van der Waals surface area contributed by atoms with Gasteiger partial charge in [0, 0.05) is 29.3 Å². The van der Waals surface area contributed by atoms with Gasteiger partial charge in [0.05, 0.1) is 17.0 Å². The molecule has 3 aromatic rings. The van der Waals surface area contributed by atoms with Gasteiger partial charge in [-0.3, -0.25) is 14.1 Å². The second-order valence-electron chi connectivity index (χ2n) is 6.73. The number of carbonyl (C=O) groups excluding carboxylic acids is 3. The lowest BCUT2D eigenvalue weighted by molar-refractivity contribution is -0.196. The predicted octanol–water partition coefficient (Wildman–Crippen LogP) is 1.67. The number of fused-ring (bicyclic) bond motifs is 1. The summed E-state index contributed by atoms with van der Waals surface area (Å²) in [6.07, 6.45) is 0.831. The first-order valence-corrected chi connectivity index (χ1v) is 11.6. The number of imide groups is 1. The molecule has 172 valence electrons. The number of aromatic nitrogens is 1. The molecule has 0 radical (unpaired) electrons. The standard InChI is InChI=1S/C18H11ClN2O10S2/c19-10-4-7-3-9(18(26)30-15(7)16(14(10)25)33(27,28)29)17-20-6-8(32-17)5-13(24)31-21-11(22)1-2-12(21)23/h3-4,6,25H,1-2,5H2,(H,27,28,29). The first kappa shape index (κ1) is 22.8. The van der Waals surface area contributed by atoms with E-state index in [1.165, 1.54) is 12.3 Å². The van der Waals surface area contributed by atoms with Crippen molar-refractivity contribution in [1.82, 2.24) is 10.0 Å². The van der Waals surface area contributed by atoms with Gasteiger partial charge in [-0.05, 0) is 12.1 Å². The summed E-state index contributed by atoms with van der Waals surface area (Å²) >= 11 is 6.73. The topological polar surface area (TPSA) is 181 Å². The smallest absolute Gasteiger partial charge is 0.346 e. The van der Waals surface area contributed by atoms with Crippen molar-refractivity contribution in [3.8, 4) is 16.3 Å². The van der Waals surface area contributed by atoms with Crippen LogP contribution in [-0.2, 0) is 35.8 Å². The number of nitrogens with zero attached hydrogens (tertiary/aromatic N) is 2. The van der Waals surface area contributed by atoms with Crippen LogP contribution in [0, 0.1) is 0 Å². The van der Waals surface area contributed by atoms with Crippen molar-refractivity contribution in [3.05, 3.63) is 38.6 Å². The fourth-order valence-corrected chi connectivity index (χ4v) is 4.95. The molecule has 2 N–H and O–H groups in total. The van der Waals surface area contributed by atoms with E-state index in [1.54, 1.807) is 0 Å². The highest BCUT2D eigenvalue weighted by molar-refractivity contribution is 7.86. The molecule has 1 fully saturated rings. The van der Waals surface area contributed by atoms with E-state index >= 15 is 0 Å². The van der Waals surface area contributed by atoms with Crippen LogP contribution in [0.4, 0.5) is 0 Å². The Morgan fingerprint density at radius 1 is 1.24 bits per heavy atom. The molecule has 0 aliphatic carbocycles. The van der Waals surface area contributed by atoms with Gasteiger partial charge in [-0.2, -0.15) is 8.42 Å². The van der Waals surface area contributed by atoms with Crippen LogP contribution in [0.25, 0.3) is 21.5 Å². The van der Waals surface area contributed by atoms with E-state index in [0.29, 0.717) is 9.94 Å². The molecule has 1 saturated heterocycles. The van der Waals surface area contributed by atoms with Gasteiger partial charge in [-0.15, -0.1) is 16.4 Å². The number of rotatable bonds is 5. The SMILES string of the molecule is O=C(Cc1cnc(-c2cc3cc(Cl)c(O)c(S(=O)(=O)O)c3oc2=O)s1)ON1C(=O)CCC1=O. The largest absolute Gasteiger partial charge is 0.505 e. The Kier molecular flexibility index (Phi) is 5.69. The van der Waals surface area contributed by atoms with Crippen LogP contribution >= 0.6 is 22.9 Å². The number of phenols is 1. The zero-order valence-corrected chi connectivity index (χ0v) is 18.5. The Balaban J connectivity index is 1.65. The summed E-state index contributed by atoms with van der Waals surface area (Å²) < 4.78 is 37.7. The molecular formula is C18H11ClN2O10S2. The summed E-state index contributed by atoms with van der Waals surface area (Å²) in [4.78, 5) is 55.7. The van der Waals surface area contributed by atoms with Crippen molar-refractivity contribution in [1.29, 1.82) is 0 Å². The number of carbonyl (C=O) groups is 3. The second kappa shape index (κ2) is 8.22. The highest BCUT2D eigenvalue weighted by Gasteiger charge is 2.33. The van der Waals surface area contributed by atoms with Gasteiger partial charge in [-0.25, -0.2) is 14.6 Å². The molecular weight excluding hydrogens is 504 g/mol. The third kappa shape index (κ3) is 4.32. The molecule has 2 aromatic heterocycles. The maximum atomic E-state index is 12.5. The molecule has 2 amide bonds. The van der Waals surface area contributed by atoms with E-state index in [9.17, 15) is 37.3 Å². The number of hydrogen-bond donors (Lipinski definition) is 2. The Hall–Kier alpha value is -3.33. The van der Waals surface area contributed by atoms with Crippen LogP contribution in [0.1, 0.15) is 17.7 Å². The summed E-state index contributed by atoms with van der Waals surface area (Å²) in [5.41, 5.74) is -1.75. The van der Waals surface area contributed by atoms with Gasteiger partial charge < -0.3 is 14.4 Å². The van der Waals surface area contributed by atoms with Crippen molar-refractivity contribution >= 4 is 61.8 Å². The van der Waals surface area contributed by atoms with Gasteiger partial charge in [0.15, 0.2) is 16.2 Å². The summed E-state index contributed by atoms with van der Waals surface area (Å²) in [5.74, 6) is -3.12. The van der Waals surface area contributed by atoms with Crippen molar-refractivity contribution in [2.75, 3.05) is 0 Å². The lowest BCUT2D eigenvalue weighted by Gasteiger charge is -2.11. The van der Waals surface area contributed by atoms with Crippen molar-refractivity contribution in [3.63, 3.8) is 0 Å². The first-order chi connectivity index (χ1) is 15.5. The number of hydroxylamine groups is 2. The van der Waals surface area contributed by atoms with Crippen LogP contribution in [0.15, 0.2) is 32.4 Å². The molecule has 1 aliphatic heterocycles. The van der Waals surface area contributed by atoms with E-state index in [-0.39, 0.29) is 35.2 Å². The van der Waals surface area contributed by atoms with Gasteiger partial charge in [0.1, 0.15) is 5.01 Å². The van der Waals surface area contributed by atoms with Crippen LogP contribution in [0.5, 0.6) is 5.75 Å².